The summed E-state index contributed by atoms with van der Waals surface area (Å²) in [5.41, 5.74) is 0. The number of ether oxygens (including phenoxy) is 2. The molecular weight excluding hydrogens is 311 g/mol. The van der Waals surface area contributed by atoms with E-state index < -0.39 is 0 Å². The van der Waals surface area contributed by atoms with E-state index in [0.717, 1.165) is 25.7 Å². The topological polar surface area (TPSA) is 38.7 Å². The Balaban J connectivity index is 2.47. The second kappa shape index (κ2) is 10.8. The first-order valence-electron chi connectivity index (χ1n) is 7.15. The van der Waals surface area contributed by atoms with E-state index in [2.05, 4.69) is 0 Å². The van der Waals surface area contributed by atoms with Crippen LogP contribution in [0.5, 0.6) is 11.5 Å². The highest BCUT2D eigenvalue weighted by Gasteiger charge is 2.10. The summed E-state index contributed by atoms with van der Waals surface area (Å²) < 4.78 is 11.1. The van der Waals surface area contributed by atoms with Crippen molar-refractivity contribution in [2.75, 3.05) is 19.8 Å². The lowest BCUT2D eigenvalue weighted by atomic mass is 10.2. The molecule has 0 radical (unpaired) electrons. The van der Waals surface area contributed by atoms with Crippen molar-refractivity contribution in [3.63, 3.8) is 0 Å². The number of aliphatic hydroxyl groups is 1. The Kier molecular flexibility index (Phi) is 9.31. The second-order valence-electron chi connectivity index (χ2n) is 4.58. The quantitative estimate of drug-likeness (QED) is 0.490. The zero-order valence-electron chi connectivity index (χ0n) is 12.3. The van der Waals surface area contributed by atoms with Crippen molar-refractivity contribution in [3.8, 4) is 11.5 Å². The van der Waals surface area contributed by atoms with E-state index in [1.807, 2.05) is 19.1 Å². The molecule has 0 saturated carbocycles. The minimum Gasteiger partial charge on any atom is -0.490 e. The van der Waals surface area contributed by atoms with Gasteiger partial charge in [-0.25, -0.2) is 0 Å². The number of allylic oxidation sites excluding steroid dienone is 1. The maximum absolute atomic E-state index is 8.69. The molecule has 0 heterocycles. The Morgan fingerprint density at radius 2 is 1.71 bits per heavy atom. The van der Waals surface area contributed by atoms with E-state index in [9.17, 15) is 0 Å². The molecule has 0 aliphatic heterocycles. The molecule has 21 heavy (non-hydrogen) atoms. The first-order valence-corrected chi connectivity index (χ1v) is 7.91. The highest BCUT2D eigenvalue weighted by molar-refractivity contribution is 6.37. The van der Waals surface area contributed by atoms with Crippen LogP contribution >= 0.6 is 23.2 Å². The van der Waals surface area contributed by atoms with E-state index in [0.29, 0.717) is 34.8 Å². The number of hydrogen-bond donors (Lipinski definition) is 1. The average Bonchev–Trinajstić information content (AvgIpc) is 2.45. The standard InChI is InChI=1S/C16H22Cl2O3/c1-2-3-9-20-13-11-14(17)16(15(18)12-13)21-10-7-5-4-6-8-19/h2-3,11-12,19H,4-10H2,1H3/b3-2+. The Bertz CT molecular complexity index is 424. The van der Waals surface area contributed by atoms with Crippen LogP contribution in [0, 0.1) is 0 Å². The summed E-state index contributed by atoms with van der Waals surface area (Å²) in [6.45, 7) is 3.21. The van der Waals surface area contributed by atoms with Gasteiger partial charge >= 0.3 is 0 Å². The van der Waals surface area contributed by atoms with Crippen LogP contribution in [-0.4, -0.2) is 24.9 Å². The normalized spacial score (nSPS) is 11.0. The van der Waals surface area contributed by atoms with Gasteiger partial charge in [-0.2, -0.15) is 0 Å². The van der Waals surface area contributed by atoms with Gasteiger partial charge in [-0.15, -0.1) is 0 Å². The van der Waals surface area contributed by atoms with Crippen molar-refractivity contribution in [1.82, 2.24) is 0 Å². The van der Waals surface area contributed by atoms with Crippen molar-refractivity contribution >= 4 is 23.2 Å². The predicted octanol–water partition coefficient (Wildman–Crippen LogP) is 4.88. The zero-order chi connectivity index (χ0) is 15.5. The molecule has 1 N–H and O–H groups in total. The molecule has 0 fully saturated rings. The van der Waals surface area contributed by atoms with Crippen LogP contribution in [0.2, 0.25) is 10.0 Å². The van der Waals surface area contributed by atoms with Crippen molar-refractivity contribution in [2.24, 2.45) is 0 Å². The zero-order valence-corrected chi connectivity index (χ0v) is 13.8. The third kappa shape index (κ3) is 7.07. The largest absolute Gasteiger partial charge is 0.490 e. The van der Waals surface area contributed by atoms with E-state index >= 15 is 0 Å². The maximum atomic E-state index is 8.69. The molecule has 0 saturated heterocycles. The number of unbranched alkanes of at least 4 members (excludes halogenated alkanes) is 3. The van der Waals surface area contributed by atoms with Crippen LogP contribution in [-0.2, 0) is 0 Å². The summed E-state index contributed by atoms with van der Waals surface area (Å²) in [6.07, 6.45) is 7.57. The number of aliphatic hydroxyl groups excluding tert-OH is 1. The second-order valence-corrected chi connectivity index (χ2v) is 5.40. The average molecular weight is 333 g/mol. The number of rotatable bonds is 10. The van der Waals surface area contributed by atoms with Gasteiger partial charge in [0, 0.05) is 18.7 Å². The molecule has 0 aliphatic rings. The molecule has 0 unspecified atom stereocenters. The lowest BCUT2D eigenvalue weighted by Gasteiger charge is -2.12. The van der Waals surface area contributed by atoms with Crippen molar-refractivity contribution < 1.29 is 14.6 Å². The molecule has 0 atom stereocenters. The first-order chi connectivity index (χ1) is 10.2. The Morgan fingerprint density at radius 3 is 2.33 bits per heavy atom. The third-order valence-corrected chi connectivity index (χ3v) is 3.41. The summed E-state index contributed by atoms with van der Waals surface area (Å²) in [7, 11) is 0. The number of hydrogen-bond acceptors (Lipinski definition) is 3. The molecule has 0 amide bonds. The Hall–Kier alpha value is -0.900. The van der Waals surface area contributed by atoms with Crippen LogP contribution in [0.25, 0.3) is 0 Å². The monoisotopic (exact) mass is 332 g/mol. The molecule has 0 aliphatic carbocycles. The predicted molar refractivity (Wildman–Crippen MR) is 87.8 cm³/mol. The summed E-state index contributed by atoms with van der Waals surface area (Å²) >= 11 is 12.3. The maximum Gasteiger partial charge on any atom is 0.156 e. The minimum atomic E-state index is 0.243. The van der Waals surface area contributed by atoms with Crippen LogP contribution in [0.1, 0.15) is 32.6 Å². The molecule has 3 nitrogen and oxygen atoms in total. The number of benzene rings is 1. The molecule has 0 spiro atoms. The minimum absolute atomic E-state index is 0.243. The van der Waals surface area contributed by atoms with Crippen molar-refractivity contribution in [3.05, 3.63) is 34.3 Å². The SMILES string of the molecule is C/C=C/COc1cc(Cl)c(OCCCCCCO)c(Cl)c1. The van der Waals surface area contributed by atoms with Crippen molar-refractivity contribution in [1.29, 1.82) is 0 Å². The van der Waals surface area contributed by atoms with Gasteiger partial charge in [-0.3, -0.25) is 0 Å². The Morgan fingerprint density at radius 1 is 1.05 bits per heavy atom. The van der Waals surface area contributed by atoms with Crippen LogP contribution < -0.4 is 9.47 Å². The van der Waals surface area contributed by atoms with Crippen LogP contribution in [0.4, 0.5) is 0 Å². The smallest absolute Gasteiger partial charge is 0.156 e. The van der Waals surface area contributed by atoms with Gasteiger partial charge in [0.1, 0.15) is 12.4 Å². The summed E-state index contributed by atoms with van der Waals surface area (Å²) in [6, 6.07) is 3.41. The lowest BCUT2D eigenvalue weighted by molar-refractivity contribution is 0.273. The summed E-state index contributed by atoms with van der Waals surface area (Å²) in [5, 5.41) is 9.60. The molecule has 5 heteroatoms. The van der Waals surface area contributed by atoms with Gasteiger partial charge < -0.3 is 14.6 Å². The fraction of sp³-hybridized carbons (Fsp3) is 0.500. The molecule has 1 aromatic carbocycles. The fourth-order valence-electron chi connectivity index (χ4n) is 1.74. The van der Waals surface area contributed by atoms with Gasteiger partial charge in [0.2, 0.25) is 0 Å². The summed E-state index contributed by atoms with van der Waals surface area (Å²) in [5.74, 6) is 1.12. The fourth-order valence-corrected chi connectivity index (χ4v) is 2.32. The lowest BCUT2D eigenvalue weighted by Crippen LogP contribution is -2.00. The molecule has 118 valence electrons. The molecule has 0 bridgehead atoms. The first kappa shape index (κ1) is 18.1. The van der Waals surface area contributed by atoms with Gasteiger partial charge in [0.25, 0.3) is 0 Å². The summed E-state index contributed by atoms with van der Waals surface area (Å²) in [4.78, 5) is 0. The van der Waals surface area contributed by atoms with Crippen molar-refractivity contribution in [2.45, 2.75) is 32.6 Å². The van der Waals surface area contributed by atoms with E-state index in [1.54, 1.807) is 12.1 Å². The van der Waals surface area contributed by atoms with Gasteiger partial charge in [-0.05, 0) is 26.2 Å². The van der Waals surface area contributed by atoms with Crippen LogP contribution in [0.3, 0.4) is 0 Å². The van der Waals surface area contributed by atoms with E-state index in [1.165, 1.54) is 0 Å². The van der Waals surface area contributed by atoms with Gasteiger partial charge in [0.15, 0.2) is 5.75 Å². The molecule has 1 aromatic rings. The van der Waals surface area contributed by atoms with Crippen LogP contribution in [0.15, 0.2) is 24.3 Å². The number of halogens is 2. The van der Waals surface area contributed by atoms with E-state index in [-0.39, 0.29) is 6.61 Å². The molecular formula is C16H22Cl2O3. The van der Waals surface area contributed by atoms with Gasteiger partial charge in [0.05, 0.1) is 16.7 Å². The third-order valence-electron chi connectivity index (χ3n) is 2.85. The van der Waals surface area contributed by atoms with Gasteiger partial charge in [-0.1, -0.05) is 41.8 Å². The highest BCUT2D eigenvalue weighted by atomic mass is 35.5. The molecule has 0 aromatic heterocycles. The molecule has 1 rings (SSSR count). The highest BCUT2D eigenvalue weighted by Crippen LogP contribution is 2.37. The Labute approximate surface area is 136 Å². The van der Waals surface area contributed by atoms with E-state index in [4.69, 9.17) is 37.8 Å².